The first-order valence-electron chi connectivity index (χ1n) is 5.87. The highest BCUT2D eigenvalue weighted by molar-refractivity contribution is 5.67. The summed E-state index contributed by atoms with van der Waals surface area (Å²) in [5.74, 6) is 0.551. The quantitative estimate of drug-likeness (QED) is 0.579. The molecular formula is C15H20O3. The van der Waals surface area contributed by atoms with Crippen molar-refractivity contribution in [1.29, 1.82) is 0 Å². The molecule has 0 fully saturated rings. The molecule has 0 spiro atoms. The molecule has 1 aromatic carbocycles. The summed E-state index contributed by atoms with van der Waals surface area (Å²) in [5.41, 5.74) is 2.22. The zero-order chi connectivity index (χ0) is 13.9. The molecule has 0 radical (unpaired) electrons. The summed E-state index contributed by atoms with van der Waals surface area (Å²) in [4.78, 5) is 11.6. The fourth-order valence-corrected chi connectivity index (χ4v) is 1.62. The van der Waals surface area contributed by atoms with Gasteiger partial charge in [-0.1, -0.05) is 12.7 Å². The van der Waals surface area contributed by atoms with E-state index < -0.39 is 11.8 Å². The molecule has 0 unspecified atom stereocenters. The van der Waals surface area contributed by atoms with Crippen LogP contribution < -0.4 is 4.74 Å². The Morgan fingerprint density at radius 1 is 1.22 bits per heavy atom. The van der Waals surface area contributed by atoms with Crippen LogP contribution >= 0.6 is 0 Å². The number of carbonyl (C=O) groups excluding carboxylic acids is 1. The first-order valence-corrected chi connectivity index (χ1v) is 5.87. The summed E-state index contributed by atoms with van der Waals surface area (Å²) in [6.45, 7) is 12.9. The van der Waals surface area contributed by atoms with E-state index in [0.29, 0.717) is 5.75 Å². The first kappa shape index (κ1) is 14.3. The Labute approximate surface area is 108 Å². The number of ether oxygens (including phenoxy) is 2. The maximum absolute atomic E-state index is 11.6. The number of hydrogen-bond acceptors (Lipinski definition) is 3. The number of aryl methyl sites for hydroxylation is 2. The van der Waals surface area contributed by atoms with E-state index in [-0.39, 0.29) is 0 Å². The molecule has 0 amide bonds. The Kier molecular flexibility index (Phi) is 4.17. The Hall–Kier alpha value is -1.77. The second-order valence-corrected chi connectivity index (χ2v) is 5.25. The lowest BCUT2D eigenvalue weighted by molar-refractivity contribution is 0.0203. The van der Waals surface area contributed by atoms with Crippen LogP contribution in [-0.2, 0) is 4.74 Å². The lowest BCUT2D eigenvalue weighted by atomic mass is 10.1. The molecule has 1 rings (SSSR count). The normalized spacial score (nSPS) is 10.9. The van der Waals surface area contributed by atoms with Crippen LogP contribution in [0.15, 0.2) is 18.7 Å². The Morgan fingerprint density at radius 3 is 2.11 bits per heavy atom. The molecule has 0 aromatic heterocycles. The molecule has 0 aliphatic heterocycles. The SMILES string of the molecule is C=Cc1cc(C)c(OC(=O)OC(C)(C)C)c(C)c1. The molecule has 0 bridgehead atoms. The lowest BCUT2D eigenvalue weighted by Gasteiger charge is -2.19. The minimum Gasteiger partial charge on any atom is -0.428 e. The van der Waals surface area contributed by atoms with Gasteiger partial charge in [-0.05, 0) is 63.4 Å². The standard InChI is InChI=1S/C15H20O3/c1-7-12-8-10(2)13(11(3)9-12)17-14(16)18-15(4,5)6/h7-9H,1H2,2-6H3. The van der Waals surface area contributed by atoms with E-state index in [1.165, 1.54) is 0 Å². The van der Waals surface area contributed by atoms with Crippen LogP contribution in [0.5, 0.6) is 5.75 Å². The molecular weight excluding hydrogens is 228 g/mol. The van der Waals surface area contributed by atoms with Gasteiger partial charge >= 0.3 is 6.16 Å². The highest BCUT2D eigenvalue weighted by atomic mass is 16.7. The molecule has 0 N–H and O–H groups in total. The summed E-state index contributed by atoms with van der Waals surface area (Å²) in [5, 5.41) is 0. The van der Waals surface area contributed by atoms with Crippen LogP contribution in [0.1, 0.15) is 37.5 Å². The molecule has 0 heterocycles. The van der Waals surface area contributed by atoms with E-state index in [4.69, 9.17) is 9.47 Å². The molecule has 3 heteroatoms. The summed E-state index contributed by atoms with van der Waals surface area (Å²) in [7, 11) is 0. The third-order valence-electron chi connectivity index (χ3n) is 2.29. The molecule has 3 nitrogen and oxygen atoms in total. The van der Waals surface area contributed by atoms with Gasteiger partial charge in [0, 0.05) is 0 Å². The summed E-state index contributed by atoms with van der Waals surface area (Å²) in [6.07, 6.45) is 1.08. The molecule has 0 atom stereocenters. The van der Waals surface area contributed by atoms with Gasteiger partial charge < -0.3 is 9.47 Å². The highest BCUT2D eigenvalue weighted by Crippen LogP contribution is 2.26. The lowest BCUT2D eigenvalue weighted by Crippen LogP contribution is -2.26. The molecule has 0 aliphatic carbocycles. The zero-order valence-electron chi connectivity index (χ0n) is 11.7. The molecule has 0 saturated carbocycles. The first-order chi connectivity index (χ1) is 8.23. The van der Waals surface area contributed by atoms with Crippen molar-refractivity contribution < 1.29 is 14.3 Å². The van der Waals surface area contributed by atoms with E-state index >= 15 is 0 Å². The van der Waals surface area contributed by atoms with E-state index in [1.807, 2.05) is 26.0 Å². The molecule has 18 heavy (non-hydrogen) atoms. The molecule has 0 saturated heterocycles. The summed E-state index contributed by atoms with van der Waals surface area (Å²) in [6, 6.07) is 3.83. The second kappa shape index (κ2) is 5.25. The van der Waals surface area contributed by atoms with Crippen LogP contribution in [-0.4, -0.2) is 11.8 Å². The minimum atomic E-state index is -0.681. The third kappa shape index (κ3) is 3.91. The van der Waals surface area contributed by atoms with Crippen molar-refractivity contribution in [2.75, 3.05) is 0 Å². The molecule has 0 aliphatic rings. The van der Waals surface area contributed by atoms with Gasteiger partial charge in [-0.25, -0.2) is 4.79 Å². The predicted octanol–water partition coefficient (Wildman–Crippen LogP) is 4.26. The van der Waals surface area contributed by atoms with Crippen molar-refractivity contribution in [3.8, 4) is 5.75 Å². The smallest absolute Gasteiger partial charge is 0.428 e. The van der Waals surface area contributed by atoms with E-state index in [0.717, 1.165) is 16.7 Å². The second-order valence-electron chi connectivity index (χ2n) is 5.25. The van der Waals surface area contributed by atoms with Gasteiger partial charge in [0.15, 0.2) is 0 Å². The van der Waals surface area contributed by atoms with Crippen molar-refractivity contribution >= 4 is 12.2 Å². The fourth-order valence-electron chi connectivity index (χ4n) is 1.62. The summed E-state index contributed by atoms with van der Waals surface area (Å²) < 4.78 is 10.4. The monoisotopic (exact) mass is 248 g/mol. The van der Waals surface area contributed by atoms with Crippen LogP contribution in [0.2, 0.25) is 0 Å². The average Bonchev–Trinajstić information content (AvgIpc) is 2.20. The van der Waals surface area contributed by atoms with Gasteiger partial charge in [0.05, 0.1) is 0 Å². The maximum Gasteiger partial charge on any atom is 0.514 e. The van der Waals surface area contributed by atoms with Crippen molar-refractivity contribution in [2.45, 2.75) is 40.2 Å². The van der Waals surface area contributed by atoms with Gasteiger partial charge in [-0.3, -0.25) is 0 Å². The zero-order valence-corrected chi connectivity index (χ0v) is 11.7. The largest absolute Gasteiger partial charge is 0.514 e. The Balaban J connectivity index is 2.92. The van der Waals surface area contributed by atoms with Gasteiger partial charge in [-0.2, -0.15) is 0 Å². The number of carbonyl (C=O) groups is 1. The van der Waals surface area contributed by atoms with Gasteiger partial charge in [0.1, 0.15) is 11.4 Å². The van der Waals surface area contributed by atoms with Crippen LogP contribution in [0.4, 0.5) is 4.79 Å². The van der Waals surface area contributed by atoms with Crippen LogP contribution in [0, 0.1) is 13.8 Å². The third-order valence-corrected chi connectivity index (χ3v) is 2.29. The highest BCUT2D eigenvalue weighted by Gasteiger charge is 2.19. The average molecular weight is 248 g/mol. The van der Waals surface area contributed by atoms with Crippen molar-refractivity contribution in [3.63, 3.8) is 0 Å². The summed E-state index contributed by atoms with van der Waals surface area (Å²) >= 11 is 0. The minimum absolute atomic E-state index is 0.551. The van der Waals surface area contributed by atoms with E-state index in [2.05, 4.69) is 6.58 Å². The van der Waals surface area contributed by atoms with Gasteiger partial charge in [0.25, 0.3) is 0 Å². The maximum atomic E-state index is 11.6. The van der Waals surface area contributed by atoms with Crippen LogP contribution in [0.25, 0.3) is 6.08 Å². The van der Waals surface area contributed by atoms with Crippen molar-refractivity contribution in [3.05, 3.63) is 35.4 Å². The van der Waals surface area contributed by atoms with Crippen molar-refractivity contribution in [1.82, 2.24) is 0 Å². The van der Waals surface area contributed by atoms with E-state index in [1.54, 1.807) is 26.8 Å². The molecule has 98 valence electrons. The predicted molar refractivity (Wildman–Crippen MR) is 72.9 cm³/mol. The molecule has 1 aromatic rings. The Bertz CT molecular complexity index is 444. The topological polar surface area (TPSA) is 35.5 Å². The van der Waals surface area contributed by atoms with E-state index in [9.17, 15) is 4.79 Å². The van der Waals surface area contributed by atoms with Gasteiger partial charge in [0.2, 0.25) is 0 Å². The Morgan fingerprint density at radius 2 is 1.72 bits per heavy atom. The van der Waals surface area contributed by atoms with Crippen molar-refractivity contribution in [2.24, 2.45) is 0 Å². The number of benzene rings is 1. The number of rotatable bonds is 2. The van der Waals surface area contributed by atoms with Gasteiger partial charge in [-0.15, -0.1) is 0 Å². The van der Waals surface area contributed by atoms with Crippen LogP contribution in [0.3, 0.4) is 0 Å². The fraction of sp³-hybridized carbons (Fsp3) is 0.400. The number of hydrogen-bond donors (Lipinski definition) is 0.